The minimum absolute atomic E-state index is 0.00750. The van der Waals surface area contributed by atoms with Crippen LogP contribution in [0.2, 0.25) is 0 Å². The van der Waals surface area contributed by atoms with Crippen molar-refractivity contribution in [3.63, 3.8) is 0 Å². The van der Waals surface area contributed by atoms with Crippen molar-refractivity contribution in [2.75, 3.05) is 17.2 Å². The molecule has 0 fully saturated rings. The molecule has 2 heterocycles. The van der Waals surface area contributed by atoms with E-state index in [0.29, 0.717) is 22.7 Å². The molecule has 1 aliphatic heterocycles. The van der Waals surface area contributed by atoms with Gasteiger partial charge in [-0.15, -0.1) is 0 Å². The Balaban J connectivity index is 1.63. The second-order valence-electron chi connectivity index (χ2n) is 5.70. The number of aryl methyl sites for hydroxylation is 1. The number of fused-ring (bicyclic) bond motifs is 2. The van der Waals surface area contributed by atoms with Crippen LogP contribution in [0.1, 0.15) is 16.1 Å². The molecule has 2 amide bonds. The standard InChI is InChI=1S/C18H13BrN2O4/c1-9-12-4-2-10(19)6-15(12)25-17(9)18(23)20-11-3-5-14-13(7-11)21-16(22)8-24-14/h2-7H,8H2,1H3,(H,20,23)(H,21,22). The van der Waals surface area contributed by atoms with Crippen LogP contribution in [0.5, 0.6) is 5.75 Å². The van der Waals surface area contributed by atoms with Crippen molar-refractivity contribution < 1.29 is 18.7 Å². The van der Waals surface area contributed by atoms with Gasteiger partial charge in [-0.1, -0.05) is 15.9 Å². The van der Waals surface area contributed by atoms with Gasteiger partial charge < -0.3 is 19.8 Å². The Morgan fingerprint density at radius 3 is 2.92 bits per heavy atom. The second kappa shape index (κ2) is 5.93. The summed E-state index contributed by atoms with van der Waals surface area (Å²) in [6.45, 7) is 1.84. The van der Waals surface area contributed by atoms with Crippen LogP contribution in [-0.2, 0) is 4.79 Å². The molecule has 2 N–H and O–H groups in total. The number of benzene rings is 2. The fraction of sp³-hybridized carbons (Fsp3) is 0.111. The van der Waals surface area contributed by atoms with Crippen molar-refractivity contribution in [2.45, 2.75) is 6.92 Å². The van der Waals surface area contributed by atoms with Crippen molar-refractivity contribution in [3.05, 3.63) is 52.2 Å². The first-order chi connectivity index (χ1) is 12.0. The number of anilines is 2. The second-order valence-corrected chi connectivity index (χ2v) is 6.61. The number of hydrogen-bond donors (Lipinski definition) is 2. The molecule has 1 aromatic heterocycles. The number of carbonyl (C=O) groups excluding carboxylic acids is 2. The number of ether oxygens (including phenoxy) is 1. The number of nitrogens with one attached hydrogen (secondary N) is 2. The highest BCUT2D eigenvalue weighted by Crippen LogP contribution is 2.32. The Bertz CT molecular complexity index is 1030. The summed E-state index contributed by atoms with van der Waals surface area (Å²) in [5.74, 6) is 0.246. The van der Waals surface area contributed by atoms with Gasteiger partial charge in [0.1, 0.15) is 11.3 Å². The third-order valence-electron chi connectivity index (χ3n) is 3.98. The maximum atomic E-state index is 12.6. The van der Waals surface area contributed by atoms with Crippen LogP contribution in [0.15, 0.2) is 45.3 Å². The van der Waals surface area contributed by atoms with Gasteiger partial charge in [-0.3, -0.25) is 9.59 Å². The van der Waals surface area contributed by atoms with E-state index in [4.69, 9.17) is 9.15 Å². The van der Waals surface area contributed by atoms with Crippen molar-refractivity contribution in [3.8, 4) is 5.75 Å². The van der Waals surface area contributed by atoms with E-state index >= 15 is 0 Å². The van der Waals surface area contributed by atoms with Crippen molar-refractivity contribution in [1.29, 1.82) is 0 Å². The Morgan fingerprint density at radius 2 is 2.08 bits per heavy atom. The molecular weight excluding hydrogens is 388 g/mol. The molecule has 0 radical (unpaired) electrons. The van der Waals surface area contributed by atoms with E-state index in [1.807, 2.05) is 25.1 Å². The molecule has 25 heavy (non-hydrogen) atoms. The van der Waals surface area contributed by atoms with E-state index in [1.165, 1.54) is 0 Å². The lowest BCUT2D eigenvalue weighted by Crippen LogP contribution is -2.25. The summed E-state index contributed by atoms with van der Waals surface area (Å²) in [4.78, 5) is 24.0. The lowest BCUT2D eigenvalue weighted by Gasteiger charge is -2.18. The third-order valence-corrected chi connectivity index (χ3v) is 4.47. The zero-order valence-electron chi connectivity index (χ0n) is 13.2. The van der Waals surface area contributed by atoms with Crippen LogP contribution in [-0.4, -0.2) is 18.4 Å². The van der Waals surface area contributed by atoms with Gasteiger partial charge in [0, 0.05) is 21.1 Å². The number of halogens is 1. The molecule has 7 heteroatoms. The topological polar surface area (TPSA) is 80.6 Å². The molecule has 3 aromatic rings. The summed E-state index contributed by atoms with van der Waals surface area (Å²) in [7, 11) is 0. The summed E-state index contributed by atoms with van der Waals surface area (Å²) in [5.41, 5.74) is 2.48. The van der Waals surface area contributed by atoms with Gasteiger partial charge in [0.15, 0.2) is 12.4 Å². The SMILES string of the molecule is Cc1c(C(=O)Nc2ccc3c(c2)NC(=O)CO3)oc2cc(Br)ccc12. The fourth-order valence-electron chi connectivity index (χ4n) is 2.76. The van der Waals surface area contributed by atoms with Gasteiger partial charge in [0.25, 0.3) is 11.8 Å². The normalized spacial score (nSPS) is 13.1. The average molecular weight is 401 g/mol. The van der Waals surface area contributed by atoms with Gasteiger partial charge in [0.2, 0.25) is 0 Å². The first-order valence-electron chi connectivity index (χ1n) is 7.58. The van der Waals surface area contributed by atoms with Crippen LogP contribution in [0.4, 0.5) is 11.4 Å². The zero-order chi connectivity index (χ0) is 17.6. The summed E-state index contributed by atoms with van der Waals surface area (Å²) in [6.07, 6.45) is 0. The molecular formula is C18H13BrN2O4. The maximum absolute atomic E-state index is 12.6. The Labute approximate surface area is 151 Å². The van der Waals surface area contributed by atoms with Gasteiger partial charge in [-0.05, 0) is 43.3 Å². The predicted molar refractivity (Wildman–Crippen MR) is 97.2 cm³/mol. The summed E-state index contributed by atoms with van der Waals surface area (Å²) in [6, 6.07) is 10.7. The Hall–Kier alpha value is -2.80. The molecule has 0 saturated carbocycles. The number of rotatable bonds is 2. The molecule has 0 bridgehead atoms. The first kappa shape index (κ1) is 15.7. The van der Waals surface area contributed by atoms with Crippen LogP contribution >= 0.6 is 15.9 Å². The maximum Gasteiger partial charge on any atom is 0.291 e. The largest absolute Gasteiger partial charge is 0.482 e. The third kappa shape index (κ3) is 2.87. The monoisotopic (exact) mass is 400 g/mol. The smallest absolute Gasteiger partial charge is 0.291 e. The molecule has 2 aromatic carbocycles. The Kier molecular flexibility index (Phi) is 3.73. The minimum atomic E-state index is -0.354. The van der Waals surface area contributed by atoms with Crippen LogP contribution < -0.4 is 15.4 Å². The van der Waals surface area contributed by atoms with Crippen LogP contribution in [0.25, 0.3) is 11.0 Å². The summed E-state index contributed by atoms with van der Waals surface area (Å²) in [5, 5.41) is 6.39. The molecule has 0 spiro atoms. The van der Waals surface area contributed by atoms with Crippen molar-refractivity contribution in [2.24, 2.45) is 0 Å². The molecule has 1 aliphatic rings. The lowest BCUT2D eigenvalue weighted by molar-refractivity contribution is -0.118. The molecule has 0 unspecified atom stereocenters. The molecule has 4 rings (SSSR count). The number of hydrogen-bond acceptors (Lipinski definition) is 4. The van der Waals surface area contributed by atoms with Crippen LogP contribution in [0.3, 0.4) is 0 Å². The first-order valence-corrected chi connectivity index (χ1v) is 8.37. The Morgan fingerprint density at radius 1 is 1.24 bits per heavy atom. The molecule has 6 nitrogen and oxygen atoms in total. The lowest BCUT2D eigenvalue weighted by atomic mass is 10.1. The number of furan rings is 1. The van der Waals surface area contributed by atoms with Gasteiger partial charge in [-0.2, -0.15) is 0 Å². The predicted octanol–water partition coefficient (Wildman–Crippen LogP) is 4.09. The van der Waals surface area contributed by atoms with Crippen molar-refractivity contribution in [1.82, 2.24) is 0 Å². The molecule has 0 saturated heterocycles. The van der Waals surface area contributed by atoms with E-state index in [2.05, 4.69) is 26.6 Å². The van der Waals surface area contributed by atoms with Gasteiger partial charge in [0.05, 0.1) is 5.69 Å². The van der Waals surface area contributed by atoms with E-state index in [-0.39, 0.29) is 24.2 Å². The van der Waals surface area contributed by atoms with Gasteiger partial charge in [-0.25, -0.2) is 0 Å². The highest BCUT2D eigenvalue weighted by Gasteiger charge is 2.20. The fourth-order valence-corrected chi connectivity index (χ4v) is 3.10. The summed E-state index contributed by atoms with van der Waals surface area (Å²) >= 11 is 3.39. The quantitative estimate of drug-likeness (QED) is 0.678. The molecule has 126 valence electrons. The number of carbonyl (C=O) groups is 2. The van der Waals surface area contributed by atoms with E-state index in [9.17, 15) is 9.59 Å². The molecule has 0 atom stereocenters. The van der Waals surface area contributed by atoms with E-state index in [1.54, 1.807) is 18.2 Å². The minimum Gasteiger partial charge on any atom is -0.482 e. The highest BCUT2D eigenvalue weighted by molar-refractivity contribution is 9.10. The van der Waals surface area contributed by atoms with Crippen LogP contribution in [0, 0.1) is 6.92 Å². The number of amides is 2. The highest BCUT2D eigenvalue weighted by atomic mass is 79.9. The zero-order valence-corrected chi connectivity index (χ0v) is 14.8. The summed E-state index contributed by atoms with van der Waals surface area (Å²) < 4.78 is 11.9. The van der Waals surface area contributed by atoms with E-state index in [0.717, 1.165) is 15.4 Å². The molecule has 0 aliphatic carbocycles. The van der Waals surface area contributed by atoms with Gasteiger partial charge >= 0.3 is 0 Å². The average Bonchev–Trinajstić information content (AvgIpc) is 2.90. The van der Waals surface area contributed by atoms with E-state index < -0.39 is 0 Å². The van der Waals surface area contributed by atoms with Crippen molar-refractivity contribution >= 4 is 50.1 Å².